The molecule has 358 valence electrons. The molecule has 1 unspecified atom stereocenters. The number of hydrogen-bond acceptors (Lipinski definition) is 6. The second-order valence-corrected chi connectivity index (χ2v) is 16.8. The van der Waals surface area contributed by atoms with Gasteiger partial charge in [-0.2, -0.15) is 0 Å². The van der Waals surface area contributed by atoms with Gasteiger partial charge in [0.1, 0.15) is 13.2 Å². The van der Waals surface area contributed by atoms with Crippen molar-refractivity contribution in [3.8, 4) is 0 Å². The summed E-state index contributed by atoms with van der Waals surface area (Å²) in [7, 11) is 0. The summed E-state index contributed by atoms with van der Waals surface area (Å²) in [6.45, 7) is 6.38. The highest BCUT2D eigenvalue weighted by Crippen LogP contribution is 2.13. The average molecular weight is 875 g/mol. The first-order chi connectivity index (χ1) is 31.0. The minimum Gasteiger partial charge on any atom is -0.462 e. The summed E-state index contributed by atoms with van der Waals surface area (Å²) in [5.41, 5.74) is 0. The fraction of sp³-hybridized carbons (Fsp3) is 0.667. The Morgan fingerprint density at radius 3 is 1.22 bits per heavy atom. The zero-order valence-electron chi connectivity index (χ0n) is 40.8. The van der Waals surface area contributed by atoms with Gasteiger partial charge in [-0.15, -0.1) is 0 Å². The summed E-state index contributed by atoms with van der Waals surface area (Å²) in [5, 5.41) is 0. The quantitative estimate of drug-likeness (QED) is 0.0199. The van der Waals surface area contributed by atoms with E-state index in [4.69, 9.17) is 14.2 Å². The highest BCUT2D eigenvalue weighted by atomic mass is 16.6. The van der Waals surface area contributed by atoms with E-state index in [0.717, 1.165) is 70.6 Å². The smallest absolute Gasteiger partial charge is 0.306 e. The largest absolute Gasteiger partial charge is 0.462 e. The van der Waals surface area contributed by atoms with Crippen molar-refractivity contribution in [1.29, 1.82) is 0 Å². The van der Waals surface area contributed by atoms with E-state index in [1.54, 1.807) is 0 Å². The Morgan fingerprint density at radius 2 is 0.698 bits per heavy atom. The van der Waals surface area contributed by atoms with Crippen molar-refractivity contribution in [3.63, 3.8) is 0 Å². The lowest BCUT2D eigenvalue weighted by molar-refractivity contribution is -0.167. The van der Waals surface area contributed by atoms with E-state index < -0.39 is 6.10 Å². The molecule has 0 spiro atoms. The minimum atomic E-state index is -0.816. The van der Waals surface area contributed by atoms with E-state index in [9.17, 15) is 14.4 Å². The molecular formula is C57H94O6. The lowest BCUT2D eigenvalue weighted by Crippen LogP contribution is -2.30. The molecule has 0 amide bonds. The second-order valence-electron chi connectivity index (χ2n) is 16.8. The van der Waals surface area contributed by atoms with Crippen LogP contribution in [0.4, 0.5) is 0 Å². The summed E-state index contributed by atoms with van der Waals surface area (Å²) in [5.74, 6) is -1.01. The van der Waals surface area contributed by atoms with Crippen molar-refractivity contribution >= 4 is 17.9 Å². The van der Waals surface area contributed by atoms with Gasteiger partial charge in [0.15, 0.2) is 6.10 Å². The maximum atomic E-state index is 12.8. The number of carbonyl (C=O) groups is 3. The van der Waals surface area contributed by atoms with Crippen LogP contribution in [0.3, 0.4) is 0 Å². The lowest BCUT2D eigenvalue weighted by Gasteiger charge is -2.18. The third-order valence-electron chi connectivity index (χ3n) is 10.6. The normalized spacial score (nSPS) is 12.9. The monoisotopic (exact) mass is 875 g/mol. The van der Waals surface area contributed by atoms with E-state index in [1.807, 2.05) is 36.5 Å². The van der Waals surface area contributed by atoms with Crippen LogP contribution in [0.15, 0.2) is 97.2 Å². The number of hydrogen-bond donors (Lipinski definition) is 0. The Bertz CT molecular complexity index is 1280. The molecule has 1 atom stereocenters. The van der Waals surface area contributed by atoms with Gasteiger partial charge in [-0.3, -0.25) is 14.4 Å². The Hall–Kier alpha value is -3.67. The molecule has 63 heavy (non-hydrogen) atoms. The molecule has 0 fully saturated rings. The number of ether oxygens (including phenoxy) is 3. The Balaban J connectivity index is 4.53. The Labute approximate surface area is 387 Å². The van der Waals surface area contributed by atoms with E-state index >= 15 is 0 Å². The van der Waals surface area contributed by atoms with Crippen molar-refractivity contribution < 1.29 is 28.6 Å². The van der Waals surface area contributed by atoms with E-state index in [1.165, 1.54) is 109 Å². The fourth-order valence-corrected chi connectivity index (χ4v) is 6.76. The van der Waals surface area contributed by atoms with Crippen molar-refractivity contribution in [2.24, 2.45) is 0 Å². The van der Waals surface area contributed by atoms with Crippen molar-refractivity contribution in [1.82, 2.24) is 0 Å². The highest BCUT2D eigenvalue weighted by molar-refractivity contribution is 5.71. The van der Waals surface area contributed by atoms with Crippen LogP contribution < -0.4 is 0 Å². The van der Waals surface area contributed by atoms with E-state index in [0.29, 0.717) is 19.3 Å². The van der Waals surface area contributed by atoms with Crippen LogP contribution in [-0.4, -0.2) is 37.2 Å². The topological polar surface area (TPSA) is 78.9 Å². The van der Waals surface area contributed by atoms with Crippen molar-refractivity contribution in [2.45, 2.75) is 232 Å². The minimum absolute atomic E-state index is 0.116. The summed E-state index contributed by atoms with van der Waals surface area (Å²) < 4.78 is 16.7. The van der Waals surface area contributed by atoms with Crippen LogP contribution in [0.5, 0.6) is 0 Å². The molecule has 0 N–H and O–H groups in total. The molecular weight excluding hydrogens is 781 g/mol. The lowest BCUT2D eigenvalue weighted by atomic mass is 10.1. The van der Waals surface area contributed by atoms with Gasteiger partial charge in [0, 0.05) is 19.3 Å². The van der Waals surface area contributed by atoms with Gasteiger partial charge in [-0.25, -0.2) is 0 Å². The Kier molecular flexibility index (Phi) is 48.0. The van der Waals surface area contributed by atoms with Crippen LogP contribution in [0, 0.1) is 0 Å². The molecule has 0 aliphatic carbocycles. The number of unbranched alkanes of at least 4 members (excludes halogenated alkanes) is 21. The summed E-state index contributed by atoms with van der Waals surface area (Å²) in [4.78, 5) is 37.9. The first-order valence-corrected chi connectivity index (χ1v) is 25.8. The summed E-state index contributed by atoms with van der Waals surface area (Å²) >= 11 is 0. The molecule has 0 rings (SSSR count). The van der Waals surface area contributed by atoms with E-state index in [2.05, 4.69) is 81.5 Å². The van der Waals surface area contributed by atoms with Gasteiger partial charge in [-0.05, 0) is 96.3 Å². The van der Waals surface area contributed by atoms with Crippen molar-refractivity contribution in [2.75, 3.05) is 13.2 Å². The number of rotatable bonds is 45. The second kappa shape index (κ2) is 51.0. The zero-order valence-corrected chi connectivity index (χ0v) is 40.8. The maximum Gasteiger partial charge on any atom is 0.306 e. The molecule has 0 aromatic carbocycles. The zero-order chi connectivity index (χ0) is 45.8. The fourth-order valence-electron chi connectivity index (χ4n) is 6.76. The van der Waals surface area contributed by atoms with Gasteiger partial charge in [0.25, 0.3) is 0 Å². The van der Waals surface area contributed by atoms with Crippen LogP contribution in [0.1, 0.15) is 226 Å². The van der Waals surface area contributed by atoms with Crippen LogP contribution in [0.25, 0.3) is 0 Å². The first kappa shape index (κ1) is 59.3. The van der Waals surface area contributed by atoms with Crippen LogP contribution in [-0.2, 0) is 28.6 Å². The van der Waals surface area contributed by atoms with Crippen molar-refractivity contribution in [3.05, 3.63) is 97.2 Å². The van der Waals surface area contributed by atoms with Gasteiger partial charge >= 0.3 is 17.9 Å². The molecule has 0 saturated heterocycles. The highest BCUT2D eigenvalue weighted by Gasteiger charge is 2.19. The predicted octanol–water partition coefficient (Wildman–Crippen LogP) is 17.0. The maximum absolute atomic E-state index is 12.8. The molecule has 0 aromatic heterocycles. The molecule has 0 bridgehead atoms. The molecule has 6 nitrogen and oxygen atoms in total. The third-order valence-corrected chi connectivity index (χ3v) is 10.6. The average Bonchev–Trinajstić information content (AvgIpc) is 3.28. The number of esters is 3. The van der Waals surface area contributed by atoms with E-state index in [-0.39, 0.29) is 37.5 Å². The van der Waals surface area contributed by atoms with Crippen LogP contribution in [0.2, 0.25) is 0 Å². The third kappa shape index (κ3) is 49.2. The number of allylic oxidation sites excluding steroid dienone is 16. The number of carbonyl (C=O) groups excluding carboxylic acids is 3. The molecule has 0 radical (unpaired) electrons. The van der Waals surface area contributed by atoms with Gasteiger partial charge in [0.05, 0.1) is 0 Å². The Morgan fingerprint density at radius 1 is 0.349 bits per heavy atom. The predicted molar refractivity (Wildman–Crippen MR) is 270 cm³/mol. The molecule has 6 heteroatoms. The van der Waals surface area contributed by atoms with Gasteiger partial charge < -0.3 is 14.2 Å². The van der Waals surface area contributed by atoms with Gasteiger partial charge in [0.2, 0.25) is 0 Å². The molecule has 0 aromatic rings. The van der Waals surface area contributed by atoms with Crippen LogP contribution >= 0.6 is 0 Å². The molecule has 0 saturated carbocycles. The molecule has 0 heterocycles. The van der Waals surface area contributed by atoms with Gasteiger partial charge in [-0.1, -0.05) is 208 Å². The standard InChI is InChI=1S/C57H94O6/c1-4-7-10-13-16-19-22-25-27-28-30-32-35-38-41-44-47-50-56(59)62-53-54(52-61-55(58)49-46-43-40-37-34-31-24-21-18-15-12-9-6-3)63-57(60)51-48-45-42-39-36-33-29-26-23-20-17-14-11-8-5-2/h9,12,15,18,20-21,23-25,27,30-32,34,38,41,54H,4-8,10-11,13-14,16-17,19,22,26,28-29,33,35-37,39-40,42-53H2,1-3H3/b12-9-,18-15-,23-20-,24-21-,27-25-,32-30-,34-31-,41-38-. The SMILES string of the molecule is CC\C=C/C=C\C=C/C=C\CCCCCC(=O)OCC(COC(=O)CCC/C=C\C/C=C\C/C=C\CCCCCCCC)OC(=O)CCCCCCCCC/C=C\CCCCCC. The summed E-state index contributed by atoms with van der Waals surface area (Å²) in [6.07, 6.45) is 66.8. The first-order valence-electron chi connectivity index (χ1n) is 25.8. The summed E-state index contributed by atoms with van der Waals surface area (Å²) in [6, 6.07) is 0. The molecule has 0 aliphatic heterocycles. The molecule has 0 aliphatic rings.